The second kappa shape index (κ2) is 6.82. The number of rotatable bonds is 5. The molecule has 0 radical (unpaired) electrons. The molecule has 6 heteroatoms. The molecule has 1 aliphatic rings. The van der Waals surface area contributed by atoms with Crippen molar-refractivity contribution in [1.82, 2.24) is 14.9 Å². The van der Waals surface area contributed by atoms with E-state index in [1.54, 1.807) is 6.20 Å². The Hall–Kier alpha value is -1.20. The maximum Gasteiger partial charge on any atom is 0.305 e. The third-order valence-corrected chi connectivity index (χ3v) is 3.33. The third kappa shape index (κ3) is 4.14. The van der Waals surface area contributed by atoms with Crippen molar-refractivity contribution in [3.8, 4) is 0 Å². The van der Waals surface area contributed by atoms with E-state index in [0.29, 0.717) is 18.3 Å². The van der Waals surface area contributed by atoms with E-state index in [9.17, 15) is 4.79 Å². The quantitative estimate of drug-likeness (QED) is 0.609. The summed E-state index contributed by atoms with van der Waals surface area (Å²) < 4.78 is 4.91. The molecular weight excluding hydrogens is 266 g/mol. The van der Waals surface area contributed by atoms with Gasteiger partial charge in [0.05, 0.1) is 12.3 Å². The lowest BCUT2D eigenvalue weighted by Crippen LogP contribution is -2.32. The Morgan fingerprint density at radius 3 is 3.21 bits per heavy atom. The second-order valence-electron chi connectivity index (χ2n) is 4.55. The highest BCUT2D eigenvalue weighted by atomic mass is 35.5. The molecule has 0 N–H and O–H groups in total. The lowest BCUT2D eigenvalue weighted by Gasteiger charge is -2.27. The molecule has 19 heavy (non-hydrogen) atoms. The van der Waals surface area contributed by atoms with Crippen LogP contribution in [0.5, 0.6) is 0 Å². The van der Waals surface area contributed by atoms with Gasteiger partial charge in [-0.25, -0.2) is 9.97 Å². The van der Waals surface area contributed by atoms with Crippen molar-refractivity contribution in [3.63, 3.8) is 0 Å². The number of esters is 1. The number of hydrogen-bond donors (Lipinski definition) is 0. The smallest absolute Gasteiger partial charge is 0.305 e. The van der Waals surface area contributed by atoms with Gasteiger partial charge in [-0.05, 0) is 31.5 Å². The highest BCUT2D eigenvalue weighted by Crippen LogP contribution is 2.18. The van der Waals surface area contributed by atoms with Gasteiger partial charge in [0.25, 0.3) is 0 Å². The fourth-order valence-electron chi connectivity index (χ4n) is 2.22. The number of carbonyl (C=O) groups excluding carboxylic acids is 1. The van der Waals surface area contributed by atoms with Crippen LogP contribution in [0.25, 0.3) is 0 Å². The summed E-state index contributed by atoms with van der Waals surface area (Å²) in [5.41, 5.74) is 2.17. The Kier molecular flexibility index (Phi) is 5.10. The molecule has 0 aliphatic carbocycles. The standard InChI is InChI=1S/C13H18ClN3O2/c1-2-19-12(18)4-3-6-17-7-5-11-10(9-17)8-15-13(14)16-11/h8H,2-7,9H2,1H3. The third-order valence-electron chi connectivity index (χ3n) is 3.14. The van der Waals surface area contributed by atoms with E-state index in [0.717, 1.165) is 43.7 Å². The van der Waals surface area contributed by atoms with Gasteiger partial charge in [0, 0.05) is 37.7 Å². The van der Waals surface area contributed by atoms with Crippen molar-refractivity contribution in [2.45, 2.75) is 32.7 Å². The summed E-state index contributed by atoms with van der Waals surface area (Å²) >= 11 is 5.77. The number of hydrogen-bond acceptors (Lipinski definition) is 5. The lowest BCUT2D eigenvalue weighted by molar-refractivity contribution is -0.143. The van der Waals surface area contributed by atoms with Gasteiger partial charge < -0.3 is 4.74 Å². The maximum atomic E-state index is 11.2. The molecule has 2 heterocycles. The molecular formula is C13H18ClN3O2. The van der Waals surface area contributed by atoms with Gasteiger partial charge >= 0.3 is 5.97 Å². The number of halogens is 1. The summed E-state index contributed by atoms with van der Waals surface area (Å²) in [5, 5.41) is 0.314. The van der Waals surface area contributed by atoms with E-state index < -0.39 is 0 Å². The van der Waals surface area contributed by atoms with Crippen LogP contribution >= 0.6 is 11.6 Å². The van der Waals surface area contributed by atoms with E-state index in [1.807, 2.05) is 6.92 Å². The molecule has 0 bridgehead atoms. The first-order chi connectivity index (χ1) is 9.19. The van der Waals surface area contributed by atoms with Gasteiger partial charge in [-0.15, -0.1) is 0 Å². The van der Waals surface area contributed by atoms with Crippen molar-refractivity contribution >= 4 is 17.6 Å². The van der Waals surface area contributed by atoms with Gasteiger partial charge in [0.2, 0.25) is 5.28 Å². The van der Waals surface area contributed by atoms with Crippen LogP contribution in [0.4, 0.5) is 0 Å². The van der Waals surface area contributed by atoms with E-state index in [-0.39, 0.29) is 5.97 Å². The first-order valence-electron chi connectivity index (χ1n) is 6.57. The van der Waals surface area contributed by atoms with Crippen LogP contribution in [0.2, 0.25) is 5.28 Å². The number of aromatic nitrogens is 2. The minimum absolute atomic E-state index is 0.116. The maximum absolute atomic E-state index is 11.2. The van der Waals surface area contributed by atoms with Crippen LogP contribution in [-0.2, 0) is 22.5 Å². The molecule has 0 amide bonds. The fraction of sp³-hybridized carbons (Fsp3) is 0.615. The molecule has 0 saturated carbocycles. The van der Waals surface area contributed by atoms with Crippen molar-refractivity contribution in [3.05, 3.63) is 22.7 Å². The van der Waals surface area contributed by atoms with Gasteiger partial charge in [-0.2, -0.15) is 0 Å². The average molecular weight is 284 g/mol. The summed E-state index contributed by atoms with van der Waals surface area (Å²) in [6.07, 6.45) is 3.98. The summed E-state index contributed by atoms with van der Waals surface area (Å²) in [4.78, 5) is 21.8. The van der Waals surface area contributed by atoms with Crippen LogP contribution < -0.4 is 0 Å². The normalized spacial score (nSPS) is 15.1. The van der Waals surface area contributed by atoms with Gasteiger partial charge in [-0.3, -0.25) is 9.69 Å². The zero-order valence-electron chi connectivity index (χ0n) is 11.1. The first kappa shape index (κ1) is 14.2. The van der Waals surface area contributed by atoms with Crippen LogP contribution in [0, 0.1) is 0 Å². The minimum atomic E-state index is -0.116. The zero-order valence-corrected chi connectivity index (χ0v) is 11.8. The molecule has 1 aromatic heterocycles. The van der Waals surface area contributed by atoms with E-state index in [1.165, 1.54) is 0 Å². The van der Waals surface area contributed by atoms with E-state index in [4.69, 9.17) is 16.3 Å². The minimum Gasteiger partial charge on any atom is -0.466 e. The Balaban J connectivity index is 1.79. The van der Waals surface area contributed by atoms with Gasteiger partial charge in [0.15, 0.2) is 0 Å². The van der Waals surface area contributed by atoms with Gasteiger partial charge in [-0.1, -0.05) is 0 Å². The monoisotopic (exact) mass is 283 g/mol. The topological polar surface area (TPSA) is 55.3 Å². The van der Waals surface area contributed by atoms with Crippen molar-refractivity contribution in [2.24, 2.45) is 0 Å². The molecule has 0 fully saturated rings. The predicted octanol–water partition coefficient (Wildman–Crippen LogP) is 1.83. The SMILES string of the molecule is CCOC(=O)CCCN1CCc2nc(Cl)ncc2C1. The summed E-state index contributed by atoms with van der Waals surface area (Å²) in [6, 6.07) is 0. The molecule has 0 spiro atoms. The number of nitrogens with zero attached hydrogens (tertiary/aromatic N) is 3. The molecule has 5 nitrogen and oxygen atoms in total. The Morgan fingerprint density at radius 1 is 1.58 bits per heavy atom. The molecule has 0 aromatic carbocycles. The molecule has 2 rings (SSSR count). The molecule has 0 unspecified atom stereocenters. The number of carbonyl (C=O) groups is 1. The fourth-order valence-corrected chi connectivity index (χ4v) is 2.37. The summed E-state index contributed by atoms with van der Waals surface area (Å²) in [7, 11) is 0. The predicted molar refractivity (Wildman–Crippen MR) is 71.9 cm³/mol. The van der Waals surface area contributed by atoms with Crippen molar-refractivity contribution < 1.29 is 9.53 Å². The summed E-state index contributed by atoms with van der Waals surface area (Å²) in [5.74, 6) is -0.116. The highest BCUT2D eigenvalue weighted by molar-refractivity contribution is 6.28. The van der Waals surface area contributed by atoms with Gasteiger partial charge in [0.1, 0.15) is 0 Å². The molecule has 1 aromatic rings. The summed E-state index contributed by atoms with van der Waals surface area (Å²) in [6.45, 7) is 4.94. The Labute approximate surface area is 117 Å². The van der Waals surface area contributed by atoms with Crippen molar-refractivity contribution in [1.29, 1.82) is 0 Å². The molecule has 0 saturated heterocycles. The number of ether oxygens (including phenoxy) is 1. The zero-order chi connectivity index (χ0) is 13.7. The Morgan fingerprint density at radius 2 is 2.42 bits per heavy atom. The van der Waals surface area contributed by atoms with E-state index in [2.05, 4.69) is 14.9 Å². The van der Waals surface area contributed by atoms with Crippen molar-refractivity contribution in [2.75, 3.05) is 19.7 Å². The lowest BCUT2D eigenvalue weighted by atomic mass is 10.1. The highest BCUT2D eigenvalue weighted by Gasteiger charge is 2.18. The average Bonchev–Trinajstić information content (AvgIpc) is 2.39. The van der Waals surface area contributed by atoms with Crippen LogP contribution in [-0.4, -0.2) is 40.5 Å². The first-order valence-corrected chi connectivity index (χ1v) is 6.95. The largest absolute Gasteiger partial charge is 0.466 e. The molecule has 1 aliphatic heterocycles. The van der Waals surface area contributed by atoms with Crippen LogP contribution in [0.1, 0.15) is 31.0 Å². The number of fused-ring (bicyclic) bond motifs is 1. The second-order valence-corrected chi connectivity index (χ2v) is 4.88. The molecule has 0 atom stereocenters. The molecule has 104 valence electrons. The Bertz CT molecular complexity index is 454. The van der Waals surface area contributed by atoms with Crippen LogP contribution in [0.3, 0.4) is 0 Å². The van der Waals surface area contributed by atoms with E-state index >= 15 is 0 Å². The van der Waals surface area contributed by atoms with Crippen LogP contribution in [0.15, 0.2) is 6.20 Å².